The van der Waals surface area contributed by atoms with Gasteiger partial charge in [0.1, 0.15) is 5.60 Å². The highest BCUT2D eigenvalue weighted by Crippen LogP contribution is 2.34. The van der Waals surface area contributed by atoms with Gasteiger partial charge in [-0.2, -0.15) is 11.8 Å². The minimum absolute atomic E-state index is 0.00298. The highest BCUT2D eigenvalue weighted by Gasteiger charge is 2.33. The Hall–Kier alpha value is -0.160. The van der Waals surface area contributed by atoms with Gasteiger partial charge in [0.05, 0.1) is 5.92 Å². The van der Waals surface area contributed by atoms with Crippen LogP contribution in [0.5, 0.6) is 0 Å². The van der Waals surface area contributed by atoms with E-state index in [4.69, 9.17) is 4.74 Å². The number of carbonyl (C=O) groups excluding carboxylic acids is 2. The first kappa shape index (κ1) is 14.9. The average molecular weight is 276 g/mol. The van der Waals surface area contributed by atoms with Crippen molar-refractivity contribution in [2.75, 3.05) is 11.5 Å². The van der Waals surface area contributed by atoms with Crippen LogP contribution in [0.15, 0.2) is 0 Å². The molecule has 0 amide bonds. The van der Waals surface area contributed by atoms with E-state index in [9.17, 15) is 9.59 Å². The summed E-state index contributed by atoms with van der Waals surface area (Å²) < 4.78 is 5.37. The molecule has 1 fully saturated rings. The Balaban J connectivity index is 2.34. The molecule has 1 saturated heterocycles. The van der Waals surface area contributed by atoms with Crippen LogP contribution < -0.4 is 0 Å². The smallest absolute Gasteiger partial charge is 0.310 e. The zero-order valence-electron chi connectivity index (χ0n) is 10.8. The molecule has 0 radical (unpaired) electrons. The van der Waals surface area contributed by atoms with E-state index in [1.807, 2.05) is 20.8 Å². The van der Waals surface area contributed by atoms with Crippen molar-refractivity contribution in [1.82, 2.24) is 0 Å². The van der Waals surface area contributed by atoms with Crippen molar-refractivity contribution in [1.29, 1.82) is 0 Å². The number of thioether (sulfide) groups is 2. The van der Waals surface area contributed by atoms with Crippen LogP contribution >= 0.6 is 23.5 Å². The van der Waals surface area contributed by atoms with Crippen molar-refractivity contribution in [3.63, 3.8) is 0 Å². The molecule has 0 bridgehead atoms. The van der Waals surface area contributed by atoms with E-state index >= 15 is 0 Å². The van der Waals surface area contributed by atoms with Gasteiger partial charge < -0.3 is 4.74 Å². The summed E-state index contributed by atoms with van der Waals surface area (Å²) in [5, 5.41) is 0.549. The maximum atomic E-state index is 11.8. The molecule has 1 aliphatic heterocycles. The molecule has 0 aromatic carbocycles. The van der Waals surface area contributed by atoms with Crippen molar-refractivity contribution in [3.8, 4) is 0 Å². The summed E-state index contributed by atoms with van der Waals surface area (Å²) in [6.07, 6.45) is 0.833. The quantitative estimate of drug-likeness (QED) is 0.742. The SMILES string of the molecule is CC(=O)SC[C@@H]1CC(C(=O)OC(C)(C)C)CS1. The average Bonchev–Trinajstić information content (AvgIpc) is 2.60. The van der Waals surface area contributed by atoms with Gasteiger partial charge in [-0.1, -0.05) is 11.8 Å². The third kappa shape index (κ3) is 5.82. The largest absolute Gasteiger partial charge is 0.460 e. The van der Waals surface area contributed by atoms with Crippen molar-refractivity contribution < 1.29 is 14.3 Å². The normalized spacial score (nSPS) is 24.7. The lowest BCUT2D eigenvalue weighted by atomic mass is 10.1. The van der Waals surface area contributed by atoms with Crippen LogP contribution in [0.4, 0.5) is 0 Å². The molecule has 0 saturated carbocycles. The standard InChI is InChI=1S/C12H20O3S2/c1-8(13)16-7-10-5-9(6-17-10)11(14)15-12(2,3)4/h9-10H,5-7H2,1-4H3/t9?,10-/m0/s1. The molecule has 0 spiro atoms. The predicted octanol–water partition coefficient (Wildman–Crippen LogP) is 2.73. The Morgan fingerprint density at radius 3 is 2.59 bits per heavy atom. The second-order valence-corrected chi connectivity index (χ2v) is 7.75. The van der Waals surface area contributed by atoms with E-state index in [0.717, 1.165) is 17.9 Å². The number of esters is 1. The molecule has 1 aliphatic rings. The number of ether oxygens (including phenoxy) is 1. The Kier molecular flexibility index (Phi) is 5.38. The Morgan fingerprint density at radius 1 is 1.41 bits per heavy atom. The topological polar surface area (TPSA) is 43.4 Å². The summed E-state index contributed by atoms with van der Waals surface area (Å²) in [5.41, 5.74) is -0.409. The second-order valence-electron chi connectivity index (χ2n) is 5.22. The summed E-state index contributed by atoms with van der Waals surface area (Å²) in [6, 6.07) is 0. The lowest BCUT2D eigenvalue weighted by Gasteiger charge is -2.21. The first-order valence-electron chi connectivity index (χ1n) is 5.76. The van der Waals surface area contributed by atoms with E-state index < -0.39 is 5.60 Å². The zero-order chi connectivity index (χ0) is 13.1. The maximum absolute atomic E-state index is 11.8. The number of hydrogen-bond acceptors (Lipinski definition) is 5. The van der Waals surface area contributed by atoms with Crippen molar-refractivity contribution >= 4 is 34.6 Å². The fourth-order valence-corrected chi connectivity index (χ4v) is 3.87. The predicted molar refractivity (Wildman–Crippen MR) is 73.3 cm³/mol. The fourth-order valence-electron chi connectivity index (χ4n) is 1.58. The molecule has 5 heteroatoms. The third-order valence-electron chi connectivity index (χ3n) is 2.29. The molecule has 0 aromatic rings. The lowest BCUT2D eigenvalue weighted by Crippen LogP contribution is -2.29. The molecule has 0 aliphatic carbocycles. The van der Waals surface area contributed by atoms with Crippen LogP contribution in [0.2, 0.25) is 0 Å². The van der Waals surface area contributed by atoms with Crippen LogP contribution in [0.1, 0.15) is 34.1 Å². The molecule has 17 heavy (non-hydrogen) atoms. The molecule has 2 atom stereocenters. The van der Waals surface area contributed by atoms with E-state index in [0.29, 0.717) is 5.25 Å². The molecule has 0 N–H and O–H groups in total. The molecule has 0 aromatic heterocycles. The van der Waals surface area contributed by atoms with Crippen LogP contribution in [0.25, 0.3) is 0 Å². The molecule has 1 unspecified atom stereocenters. The van der Waals surface area contributed by atoms with Crippen LogP contribution in [0.3, 0.4) is 0 Å². The summed E-state index contributed by atoms with van der Waals surface area (Å²) in [7, 11) is 0. The Bertz CT molecular complexity index is 297. The van der Waals surface area contributed by atoms with Gasteiger partial charge in [0.15, 0.2) is 5.12 Å². The summed E-state index contributed by atoms with van der Waals surface area (Å²) in [5.74, 6) is 1.52. The van der Waals surface area contributed by atoms with E-state index in [1.165, 1.54) is 11.8 Å². The van der Waals surface area contributed by atoms with Gasteiger partial charge in [0, 0.05) is 23.7 Å². The molecular weight excluding hydrogens is 256 g/mol. The lowest BCUT2D eigenvalue weighted by molar-refractivity contribution is -0.159. The second kappa shape index (κ2) is 6.14. The van der Waals surface area contributed by atoms with Crippen LogP contribution in [-0.2, 0) is 14.3 Å². The first-order valence-corrected chi connectivity index (χ1v) is 7.79. The van der Waals surface area contributed by atoms with Crippen LogP contribution in [-0.4, -0.2) is 33.4 Å². The van der Waals surface area contributed by atoms with E-state index in [2.05, 4.69) is 0 Å². The van der Waals surface area contributed by atoms with Crippen LogP contribution in [0, 0.1) is 5.92 Å². The first-order chi connectivity index (χ1) is 7.78. The van der Waals surface area contributed by atoms with Gasteiger partial charge in [-0.25, -0.2) is 0 Å². The number of rotatable bonds is 3. The summed E-state index contributed by atoms with van der Waals surface area (Å²) in [4.78, 5) is 22.7. The molecule has 1 rings (SSSR count). The van der Waals surface area contributed by atoms with E-state index in [1.54, 1.807) is 18.7 Å². The van der Waals surface area contributed by atoms with Gasteiger partial charge in [0.2, 0.25) is 0 Å². The minimum atomic E-state index is -0.409. The monoisotopic (exact) mass is 276 g/mol. The van der Waals surface area contributed by atoms with Gasteiger partial charge in [-0.3, -0.25) is 9.59 Å². The third-order valence-corrected chi connectivity index (χ3v) is 4.91. The highest BCUT2D eigenvalue weighted by atomic mass is 32.2. The zero-order valence-corrected chi connectivity index (χ0v) is 12.5. The van der Waals surface area contributed by atoms with Gasteiger partial charge in [0.25, 0.3) is 0 Å². The van der Waals surface area contributed by atoms with Gasteiger partial charge >= 0.3 is 5.97 Å². The number of hydrogen-bond donors (Lipinski definition) is 0. The van der Waals surface area contributed by atoms with Gasteiger partial charge in [-0.15, -0.1) is 0 Å². The number of carbonyl (C=O) groups is 2. The van der Waals surface area contributed by atoms with E-state index in [-0.39, 0.29) is 17.0 Å². The minimum Gasteiger partial charge on any atom is -0.460 e. The maximum Gasteiger partial charge on any atom is 0.310 e. The highest BCUT2D eigenvalue weighted by molar-refractivity contribution is 8.14. The fraction of sp³-hybridized carbons (Fsp3) is 0.833. The van der Waals surface area contributed by atoms with Gasteiger partial charge in [-0.05, 0) is 27.2 Å². The molecule has 3 nitrogen and oxygen atoms in total. The molecular formula is C12H20O3S2. The van der Waals surface area contributed by atoms with Crippen molar-refractivity contribution in [2.24, 2.45) is 5.92 Å². The molecule has 98 valence electrons. The van der Waals surface area contributed by atoms with Crippen molar-refractivity contribution in [2.45, 2.75) is 45.0 Å². The summed E-state index contributed by atoms with van der Waals surface area (Å²) in [6.45, 7) is 7.23. The Labute approximate surface area is 111 Å². The van der Waals surface area contributed by atoms with Crippen molar-refractivity contribution in [3.05, 3.63) is 0 Å². The Morgan fingerprint density at radius 2 is 2.06 bits per heavy atom. The summed E-state index contributed by atoms with van der Waals surface area (Å²) >= 11 is 3.12. The molecule has 1 heterocycles.